The molecule has 33 heavy (non-hydrogen) atoms. The molecule has 0 bridgehead atoms. The minimum Gasteiger partial charge on any atom is -0.352 e. The molecule has 2 amide bonds. The lowest BCUT2D eigenvalue weighted by atomic mass is 10.1. The fraction of sp³-hybridized carbons (Fsp3) is 0.440. The smallest absolute Gasteiger partial charge is 0.244 e. The zero-order valence-corrected chi connectivity index (χ0v) is 21.1. The van der Waals surface area contributed by atoms with Gasteiger partial charge in [-0.3, -0.25) is 13.9 Å². The van der Waals surface area contributed by atoms with Crippen LogP contribution in [-0.2, 0) is 26.2 Å². The molecule has 2 aromatic rings. The summed E-state index contributed by atoms with van der Waals surface area (Å²) in [7, 11) is -3.73. The van der Waals surface area contributed by atoms with Crippen LogP contribution in [-0.4, -0.2) is 50.0 Å². The van der Waals surface area contributed by atoms with E-state index < -0.39 is 22.0 Å². The van der Waals surface area contributed by atoms with Crippen LogP contribution in [0, 0.1) is 13.8 Å². The molecule has 1 atom stereocenters. The summed E-state index contributed by atoms with van der Waals surface area (Å²) in [5.41, 5.74) is 3.29. The first kappa shape index (κ1) is 26.4. The summed E-state index contributed by atoms with van der Waals surface area (Å²) in [5, 5.41) is 2.89. The average Bonchev–Trinajstić information content (AvgIpc) is 2.72. The van der Waals surface area contributed by atoms with E-state index in [2.05, 4.69) is 5.32 Å². The molecule has 0 aromatic heterocycles. The molecule has 0 spiro atoms. The fourth-order valence-corrected chi connectivity index (χ4v) is 4.45. The second-order valence-corrected chi connectivity index (χ2v) is 10.5. The van der Waals surface area contributed by atoms with Crippen molar-refractivity contribution in [3.05, 3.63) is 65.2 Å². The van der Waals surface area contributed by atoms with Crippen LogP contribution >= 0.6 is 0 Å². The van der Waals surface area contributed by atoms with Gasteiger partial charge in [0.1, 0.15) is 12.6 Å². The Morgan fingerprint density at radius 2 is 1.61 bits per heavy atom. The molecule has 1 N–H and O–H groups in total. The largest absolute Gasteiger partial charge is 0.352 e. The molecule has 0 aliphatic heterocycles. The number of rotatable bonds is 10. The highest BCUT2D eigenvalue weighted by atomic mass is 32.2. The number of amides is 2. The van der Waals surface area contributed by atoms with E-state index in [0.29, 0.717) is 12.1 Å². The molecule has 0 aliphatic carbocycles. The van der Waals surface area contributed by atoms with Gasteiger partial charge in [0.05, 0.1) is 11.9 Å². The van der Waals surface area contributed by atoms with Gasteiger partial charge in [-0.05, 0) is 57.4 Å². The van der Waals surface area contributed by atoms with Crippen LogP contribution < -0.4 is 9.62 Å². The van der Waals surface area contributed by atoms with Crippen LogP contribution in [0.5, 0.6) is 0 Å². The van der Waals surface area contributed by atoms with Crippen molar-refractivity contribution in [1.29, 1.82) is 0 Å². The highest BCUT2D eigenvalue weighted by molar-refractivity contribution is 7.92. The number of nitrogens with zero attached hydrogens (tertiary/aromatic N) is 2. The molecule has 0 aliphatic rings. The van der Waals surface area contributed by atoms with Crippen molar-refractivity contribution in [2.75, 3.05) is 17.1 Å². The summed E-state index contributed by atoms with van der Waals surface area (Å²) in [4.78, 5) is 28.0. The summed E-state index contributed by atoms with van der Waals surface area (Å²) in [5.74, 6) is -0.689. The summed E-state index contributed by atoms with van der Waals surface area (Å²) in [6.45, 7) is 9.24. The van der Waals surface area contributed by atoms with E-state index in [0.717, 1.165) is 27.3 Å². The van der Waals surface area contributed by atoms with Crippen molar-refractivity contribution in [3.63, 3.8) is 0 Å². The van der Waals surface area contributed by atoms with Crippen LogP contribution in [0.25, 0.3) is 0 Å². The van der Waals surface area contributed by atoms with Crippen molar-refractivity contribution in [3.8, 4) is 0 Å². The van der Waals surface area contributed by atoms with Gasteiger partial charge in [0.15, 0.2) is 0 Å². The second-order valence-electron chi connectivity index (χ2n) is 8.64. The molecular formula is C25H35N3O4S. The lowest BCUT2D eigenvalue weighted by Crippen LogP contribution is -2.53. The van der Waals surface area contributed by atoms with E-state index in [4.69, 9.17) is 0 Å². The Morgan fingerprint density at radius 3 is 2.12 bits per heavy atom. The Kier molecular flexibility index (Phi) is 9.05. The van der Waals surface area contributed by atoms with Crippen LogP contribution in [0.1, 0.15) is 43.9 Å². The van der Waals surface area contributed by atoms with Crippen molar-refractivity contribution < 1.29 is 18.0 Å². The second kappa shape index (κ2) is 11.3. The molecule has 0 unspecified atom stereocenters. The zero-order valence-electron chi connectivity index (χ0n) is 20.3. The van der Waals surface area contributed by atoms with Crippen molar-refractivity contribution in [1.82, 2.24) is 10.2 Å². The van der Waals surface area contributed by atoms with E-state index in [1.165, 1.54) is 4.90 Å². The number of aryl methyl sites for hydroxylation is 2. The lowest BCUT2D eigenvalue weighted by molar-refractivity contribution is -0.140. The maximum Gasteiger partial charge on any atom is 0.244 e. The Bertz CT molecular complexity index is 1070. The lowest BCUT2D eigenvalue weighted by Gasteiger charge is -2.33. The van der Waals surface area contributed by atoms with E-state index in [9.17, 15) is 18.0 Å². The first-order chi connectivity index (χ1) is 15.4. The first-order valence-corrected chi connectivity index (χ1v) is 13.0. The molecule has 0 radical (unpaired) electrons. The highest BCUT2D eigenvalue weighted by Crippen LogP contribution is 2.21. The molecule has 0 saturated heterocycles. The third kappa shape index (κ3) is 7.32. The monoisotopic (exact) mass is 473 g/mol. The third-order valence-electron chi connectivity index (χ3n) is 5.42. The van der Waals surface area contributed by atoms with Gasteiger partial charge >= 0.3 is 0 Å². The van der Waals surface area contributed by atoms with Gasteiger partial charge < -0.3 is 10.2 Å². The standard InChI is InChI=1S/C25H35N3O4S/c1-7-23(25(30)26-18(2)3)27(16-21-11-9-8-10-20(21)5)24(29)17-28(33(6,31)32)22-14-12-19(4)13-15-22/h8-15,18,23H,7,16-17H2,1-6H3,(H,26,30)/t23-/m1/s1. The van der Waals surface area contributed by atoms with Crippen LogP contribution in [0.3, 0.4) is 0 Å². The maximum atomic E-state index is 13.6. The van der Waals surface area contributed by atoms with Crippen LogP contribution in [0.4, 0.5) is 5.69 Å². The number of hydrogen-bond donors (Lipinski definition) is 1. The number of sulfonamides is 1. The van der Waals surface area contributed by atoms with Crippen LogP contribution in [0.2, 0.25) is 0 Å². The van der Waals surface area contributed by atoms with Crippen molar-refractivity contribution in [2.24, 2.45) is 0 Å². The van der Waals surface area contributed by atoms with Crippen molar-refractivity contribution >= 4 is 27.5 Å². The van der Waals surface area contributed by atoms with E-state index in [1.54, 1.807) is 24.3 Å². The minimum absolute atomic E-state index is 0.0814. The van der Waals surface area contributed by atoms with Gasteiger partial charge in [0, 0.05) is 12.6 Å². The minimum atomic E-state index is -3.73. The first-order valence-electron chi connectivity index (χ1n) is 11.1. The highest BCUT2D eigenvalue weighted by Gasteiger charge is 2.32. The summed E-state index contributed by atoms with van der Waals surface area (Å²) < 4.78 is 26.3. The van der Waals surface area contributed by atoms with Gasteiger partial charge in [0.25, 0.3) is 0 Å². The molecule has 180 valence electrons. The Balaban J connectivity index is 2.44. The summed E-state index contributed by atoms with van der Waals surface area (Å²) in [6, 6.07) is 13.8. The zero-order chi connectivity index (χ0) is 24.8. The molecule has 0 fully saturated rings. The number of anilines is 1. The normalized spacial score (nSPS) is 12.3. The Hall–Kier alpha value is -2.87. The third-order valence-corrected chi connectivity index (χ3v) is 6.56. The number of benzene rings is 2. The summed E-state index contributed by atoms with van der Waals surface area (Å²) in [6.07, 6.45) is 1.48. The Labute approximate surface area is 197 Å². The number of carbonyl (C=O) groups is 2. The predicted molar refractivity (Wildman–Crippen MR) is 132 cm³/mol. The van der Waals surface area contributed by atoms with E-state index >= 15 is 0 Å². The SMILES string of the molecule is CC[C@H](C(=O)NC(C)C)N(Cc1ccccc1C)C(=O)CN(c1ccc(C)cc1)S(C)(=O)=O. The van der Waals surface area contributed by atoms with Gasteiger partial charge in [0.2, 0.25) is 21.8 Å². The Morgan fingerprint density at radius 1 is 1.00 bits per heavy atom. The molecule has 2 rings (SSSR count). The van der Waals surface area contributed by atoms with E-state index in [-0.39, 0.29) is 25.0 Å². The summed E-state index contributed by atoms with van der Waals surface area (Å²) >= 11 is 0. The van der Waals surface area contributed by atoms with E-state index in [1.807, 2.05) is 58.9 Å². The molecular weight excluding hydrogens is 438 g/mol. The topological polar surface area (TPSA) is 86.8 Å². The molecule has 8 heteroatoms. The van der Waals surface area contributed by atoms with Gasteiger partial charge in [-0.1, -0.05) is 48.9 Å². The number of nitrogens with one attached hydrogen (secondary N) is 1. The molecule has 0 heterocycles. The van der Waals surface area contributed by atoms with Gasteiger partial charge in [-0.25, -0.2) is 8.42 Å². The fourth-order valence-electron chi connectivity index (χ4n) is 3.60. The molecule has 7 nitrogen and oxygen atoms in total. The predicted octanol–water partition coefficient (Wildman–Crippen LogP) is 3.40. The van der Waals surface area contributed by atoms with Gasteiger partial charge in [-0.2, -0.15) is 0 Å². The van der Waals surface area contributed by atoms with Crippen LogP contribution in [0.15, 0.2) is 48.5 Å². The average molecular weight is 474 g/mol. The number of hydrogen-bond acceptors (Lipinski definition) is 4. The van der Waals surface area contributed by atoms with Gasteiger partial charge in [-0.15, -0.1) is 0 Å². The quantitative estimate of drug-likeness (QED) is 0.573. The molecule has 2 aromatic carbocycles. The van der Waals surface area contributed by atoms with Crippen molar-refractivity contribution in [2.45, 2.75) is 59.7 Å². The maximum absolute atomic E-state index is 13.6. The number of carbonyl (C=O) groups excluding carboxylic acids is 2. The molecule has 0 saturated carbocycles.